The molecular formula is C17H11N5S. The predicted molar refractivity (Wildman–Crippen MR) is 90.0 cm³/mol. The van der Waals surface area contributed by atoms with E-state index in [1.807, 2.05) is 37.5 Å². The summed E-state index contributed by atoms with van der Waals surface area (Å²) in [6.45, 7) is 2.31. The molecule has 2 aromatic heterocycles. The highest BCUT2D eigenvalue weighted by atomic mass is 32.1. The third-order valence-corrected chi connectivity index (χ3v) is 4.27. The molecule has 0 aliphatic heterocycles. The summed E-state index contributed by atoms with van der Waals surface area (Å²) in [6.07, 6.45) is 3.62. The molecule has 0 unspecified atom stereocenters. The third-order valence-electron chi connectivity index (χ3n) is 3.21. The first-order chi connectivity index (χ1) is 11.2. The zero-order chi connectivity index (χ0) is 16.2. The second-order valence-corrected chi connectivity index (χ2v) is 5.99. The Bertz CT molecular complexity index is 972. The lowest BCUT2D eigenvalue weighted by molar-refractivity contribution is 1.08. The number of nitrogens with zero attached hydrogens (tertiary/aromatic N) is 5. The first kappa shape index (κ1) is 14.8. The van der Waals surface area contributed by atoms with E-state index in [-0.39, 0.29) is 5.71 Å². The molecule has 3 rings (SSSR count). The molecule has 0 atom stereocenters. The molecule has 0 saturated carbocycles. The average Bonchev–Trinajstić information content (AvgIpc) is 2.99. The molecule has 110 valence electrons. The summed E-state index contributed by atoms with van der Waals surface area (Å²) in [5.41, 5.74) is 3.85. The van der Waals surface area contributed by atoms with Crippen LogP contribution in [0.4, 0.5) is 0 Å². The second-order valence-electron chi connectivity index (χ2n) is 4.96. The molecular weight excluding hydrogens is 306 g/mol. The number of pyridine rings is 1. The molecule has 0 aliphatic rings. The van der Waals surface area contributed by atoms with Crippen LogP contribution in [0.5, 0.6) is 0 Å². The van der Waals surface area contributed by atoms with Crippen molar-refractivity contribution in [2.24, 2.45) is 4.99 Å². The van der Waals surface area contributed by atoms with Crippen LogP contribution in [0.15, 0.2) is 41.7 Å². The lowest BCUT2D eigenvalue weighted by Crippen LogP contribution is -1.90. The first-order valence-electron chi connectivity index (χ1n) is 6.86. The van der Waals surface area contributed by atoms with Gasteiger partial charge in [-0.2, -0.15) is 10.5 Å². The summed E-state index contributed by atoms with van der Waals surface area (Å²) in [5, 5.41) is 18.3. The smallest absolute Gasteiger partial charge is 0.213 e. The van der Waals surface area contributed by atoms with E-state index in [1.54, 1.807) is 23.5 Å². The Hall–Kier alpha value is -3.09. The van der Waals surface area contributed by atoms with E-state index in [4.69, 9.17) is 10.5 Å². The molecule has 0 spiro atoms. The molecule has 23 heavy (non-hydrogen) atoms. The van der Waals surface area contributed by atoms with Gasteiger partial charge in [-0.25, -0.2) is 4.98 Å². The zero-order valence-electron chi connectivity index (χ0n) is 12.3. The Morgan fingerprint density at radius 3 is 2.78 bits per heavy atom. The number of hydrogen-bond donors (Lipinski definition) is 0. The Labute approximate surface area is 137 Å². The van der Waals surface area contributed by atoms with Gasteiger partial charge < -0.3 is 0 Å². The van der Waals surface area contributed by atoms with Crippen LogP contribution in [0.2, 0.25) is 0 Å². The molecule has 0 aliphatic carbocycles. The maximum absolute atomic E-state index is 8.71. The normalized spacial score (nSPS) is 10.0. The number of aryl methyl sites for hydroxylation is 1. The fraction of sp³-hybridized carbons (Fsp3) is 0.118. The van der Waals surface area contributed by atoms with Gasteiger partial charge >= 0.3 is 0 Å². The second kappa shape index (κ2) is 6.35. The van der Waals surface area contributed by atoms with Crippen molar-refractivity contribution in [1.82, 2.24) is 9.97 Å². The molecule has 1 aromatic carbocycles. The van der Waals surface area contributed by atoms with Gasteiger partial charge in [0, 0.05) is 18.0 Å². The van der Waals surface area contributed by atoms with E-state index >= 15 is 0 Å². The maximum atomic E-state index is 8.71. The van der Waals surface area contributed by atoms with Crippen LogP contribution in [0.3, 0.4) is 0 Å². The van der Waals surface area contributed by atoms with Crippen molar-refractivity contribution in [2.45, 2.75) is 13.5 Å². The van der Waals surface area contributed by atoms with Crippen LogP contribution in [0.25, 0.3) is 20.8 Å². The number of aliphatic imine (C=N–C) groups is 1. The van der Waals surface area contributed by atoms with Crippen molar-refractivity contribution in [3.05, 3.63) is 47.8 Å². The quantitative estimate of drug-likeness (QED) is 0.690. The number of rotatable bonds is 3. The maximum Gasteiger partial charge on any atom is 0.213 e. The van der Waals surface area contributed by atoms with Crippen LogP contribution in [-0.2, 0) is 6.54 Å². The Morgan fingerprint density at radius 2 is 2.04 bits per heavy atom. The number of fused-ring (bicyclic) bond motifs is 1. The van der Waals surface area contributed by atoms with E-state index in [1.165, 1.54) is 0 Å². The molecule has 3 aromatic rings. The largest absolute Gasteiger partial charge is 0.264 e. The highest BCUT2D eigenvalue weighted by Gasteiger charge is 2.07. The Balaban J connectivity index is 1.94. The van der Waals surface area contributed by atoms with Gasteiger partial charge in [-0.1, -0.05) is 6.07 Å². The fourth-order valence-corrected chi connectivity index (χ4v) is 3.14. The molecule has 0 fully saturated rings. The highest BCUT2D eigenvalue weighted by molar-refractivity contribution is 7.21. The summed E-state index contributed by atoms with van der Waals surface area (Å²) in [5.74, 6) is 0. The van der Waals surface area contributed by atoms with Gasteiger partial charge in [0.15, 0.2) is 0 Å². The fourth-order valence-electron chi connectivity index (χ4n) is 2.13. The standard InChI is InChI=1S/C17H11N5S/c1-11-4-13(10-20-8-11)17-22-15-3-2-12(5-16(15)23-17)9-21-14(6-18)7-19/h2-5,8,10H,9H2,1H3. The number of aromatic nitrogens is 2. The van der Waals surface area contributed by atoms with E-state index < -0.39 is 0 Å². The molecule has 0 bridgehead atoms. The van der Waals surface area contributed by atoms with Crippen molar-refractivity contribution >= 4 is 27.3 Å². The number of nitriles is 2. The number of thiazole rings is 1. The SMILES string of the molecule is Cc1cncc(-c2nc3ccc(CN=C(C#N)C#N)cc3s2)c1. The predicted octanol–water partition coefficient (Wildman–Crippen LogP) is 3.65. The molecule has 0 amide bonds. The van der Waals surface area contributed by atoms with Gasteiger partial charge in [-0.15, -0.1) is 11.3 Å². The number of benzene rings is 1. The molecule has 2 heterocycles. The van der Waals surface area contributed by atoms with Crippen molar-refractivity contribution in [3.8, 4) is 22.7 Å². The minimum absolute atomic E-state index is 0.110. The van der Waals surface area contributed by atoms with Crippen molar-refractivity contribution < 1.29 is 0 Å². The van der Waals surface area contributed by atoms with Crippen LogP contribution in [0.1, 0.15) is 11.1 Å². The van der Waals surface area contributed by atoms with E-state index in [0.717, 1.165) is 31.9 Å². The van der Waals surface area contributed by atoms with Crippen LogP contribution in [-0.4, -0.2) is 15.7 Å². The van der Waals surface area contributed by atoms with E-state index in [0.29, 0.717) is 6.54 Å². The van der Waals surface area contributed by atoms with Gasteiger partial charge in [0.25, 0.3) is 0 Å². The van der Waals surface area contributed by atoms with E-state index in [9.17, 15) is 0 Å². The lowest BCUT2D eigenvalue weighted by Gasteiger charge is -1.95. The van der Waals surface area contributed by atoms with Gasteiger partial charge in [0.2, 0.25) is 5.71 Å². The summed E-state index contributed by atoms with van der Waals surface area (Å²) in [7, 11) is 0. The monoisotopic (exact) mass is 317 g/mol. The third kappa shape index (κ3) is 3.23. The zero-order valence-corrected chi connectivity index (χ0v) is 13.1. The topological polar surface area (TPSA) is 85.7 Å². The average molecular weight is 317 g/mol. The Kier molecular flexibility index (Phi) is 4.09. The van der Waals surface area contributed by atoms with Crippen LogP contribution >= 0.6 is 11.3 Å². The van der Waals surface area contributed by atoms with Gasteiger partial charge in [0.1, 0.15) is 17.1 Å². The lowest BCUT2D eigenvalue weighted by atomic mass is 10.2. The van der Waals surface area contributed by atoms with Gasteiger partial charge in [0.05, 0.1) is 16.8 Å². The molecule has 5 nitrogen and oxygen atoms in total. The molecule has 0 radical (unpaired) electrons. The minimum Gasteiger partial charge on any atom is -0.264 e. The highest BCUT2D eigenvalue weighted by Crippen LogP contribution is 2.30. The summed E-state index contributed by atoms with van der Waals surface area (Å²) in [6, 6.07) is 11.4. The molecule has 0 saturated heterocycles. The van der Waals surface area contributed by atoms with Crippen LogP contribution < -0.4 is 0 Å². The molecule has 6 heteroatoms. The summed E-state index contributed by atoms with van der Waals surface area (Å²) in [4.78, 5) is 12.8. The van der Waals surface area contributed by atoms with Crippen LogP contribution in [0, 0.1) is 29.6 Å². The first-order valence-corrected chi connectivity index (χ1v) is 7.67. The van der Waals surface area contributed by atoms with Gasteiger partial charge in [-0.05, 0) is 36.2 Å². The summed E-state index contributed by atoms with van der Waals surface area (Å²) >= 11 is 1.59. The minimum atomic E-state index is -0.110. The van der Waals surface area contributed by atoms with Crippen molar-refractivity contribution in [2.75, 3.05) is 0 Å². The van der Waals surface area contributed by atoms with Crippen molar-refractivity contribution in [1.29, 1.82) is 10.5 Å². The Morgan fingerprint density at radius 1 is 1.22 bits per heavy atom. The van der Waals surface area contributed by atoms with Crippen molar-refractivity contribution in [3.63, 3.8) is 0 Å². The van der Waals surface area contributed by atoms with E-state index in [2.05, 4.69) is 21.0 Å². The summed E-state index contributed by atoms with van der Waals surface area (Å²) < 4.78 is 1.05. The molecule has 0 N–H and O–H groups in total. The number of hydrogen-bond acceptors (Lipinski definition) is 6. The van der Waals surface area contributed by atoms with Gasteiger partial charge in [-0.3, -0.25) is 9.98 Å².